The van der Waals surface area contributed by atoms with Crippen LogP contribution >= 0.6 is 0 Å². The van der Waals surface area contributed by atoms with Gasteiger partial charge in [0.15, 0.2) is 0 Å². The minimum atomic E-state index is -0.869. The third-order valence-electron chi connectivity index (χ3n) is 8.17. The smallest absolute Gasteiger partial charge is 0.246 e. The van der Waals surface area contributed by atoms with Gasteiger partial charge in [-0.1, -0.05) is 44.2 Å². The molecule has 2 aliphatic rings. The van der Waals surface area contributed by atoms with Crippen molar-refractivity contribution < 1.29 is 9.59 Å². The molecule has 3 aromatic rings. The number of likely N-dealkylation sites (tertiary alicyclic amines) is 1. The first-order chi connectivity index (χ1) is 18.3. The summed E-state index contributed by atoms with van der Waals surface area (Å²) in [6, 6.07) is 13.9. The Morgan fingerprint density at radius 1 is 1.03 bits per heavy atom. The summed E-state index contributed by atoms with van der Waals surface area (Å²) in [4.78, 5) is 36.1. The normalized spacial score (nSPS) is 20.7. The Morgan fingerprint density at radius 2 is 1.71 bits per heavy atom. The molecule has 2 atom stereocenters. The molecule has 8 heteroatoms. The highest BCUT2D eigenvalue weighted by Crippen LogP contribution is 2.40. The van der Waals surface area contributed by atoms with E-state index in [1.165, 1.54) is 11.1 Å². The van der Waals surface area contributed by atoms with Gasteiger partial charge in [0.25, 0.3) is 0 Å². The second-order valence-electron chi connectivity index (χ2n) is 11.2. The number of amides is 2. The molecule has 0 radical (unpaired) electrons. The van der Waals surface area contributed by atoms with Gasteiger partial charge in [-0.05, 0) is 62.3 Å². The first-order valence-corrected chi connectivity index (χ1v) is 13.6. The highest BCUT2D eigenvalue weighted by molar-refractivity contribution is 6.00. The molecule has 0 aliphatic carbocycles. The van der Waals surface area contributed by atoms with E-state index < -0.39 is 11.6 Å². The number of carbonyl (C=O) groups is 2. The van der Waals surface area contributed by atoms with Gasteiger partial charge in [0.05, 0.1) is 11.7 Å². The van der Waals surface area contributed by atoms with Gasteiger partial charge in [-0.2, -0.15) is 5.10 Å². The standard InChI is InChI=1S/C30H38N6O2/c1-20(2)18-25-28(37)36(19-23-10-14-31-15-11-23)30(29(38)32-25)12-16-35(17-13-30)27(24-8-6-5-7-9-24)26-21(3)33-34-22(26)4/h5-11,14-15,20,25,27H,12-13,16-19H2,1-4H3,(H,32,38)(H,33,34). The molecule has 2 N–H and O–H groups in total. The van der Waals surface area contributed by atoms with Gasteiger partial charge in [-0.15, -0.1) is 0 Å². The van der Waals surface area contributed by atoms with Gasteiger partial charge in [0.2, 0.25) is 11.8 Å². The van der Waals surface area contributed by atoms with Crippen molar-refractivity contribution in [3.8, 4) is 0 Å². The molecule has 0 bridgehead atoms. The van der Waals surface area contributed by atoms with Crippen LogP contribution in [0.1, 0.15) is 67.2 Å². The fourth-order valence-corrected chi connectivity index (χ4v) is 6.21. The number of benzene rings is 1. The molecule has 38 heavy (non-hydrogen) atoms. The lowest BCUT2D eigenvalue weighted by molar-refractivity contribution is -0.163. The van der Waals surface area contributed by atoms with Crippen molar-refractivity contribution in [3.05, 3.63) is 82.9 Å². The number of aromatic amines is 1. The summed E-state index contributed by atoms with van der Waals surface area (Å²) in [5.74, 6) is 0.295. The first kappa shape index (κ1) is 26.1. The van der Waals surface area contributed by atoms with Crippen LogP contribution in [-0.4, -0.2) is 61.5 Å². The third-order valence-corrected chi connectivity index (χ3v) is 8.17. The van der Waals surface area contributed by atoms with Crippen molar-refractivity contribution in [3.63, 3.8) is 0 Å². The van der Waals surface area contributed by atoms with E-state index in [-0.39, 0.29) is 17.9 Å². The van der Waals surface area contributed by atoms with Crippen LogP contribution in [0.3, 0.4) is 0 Å². The van der Waals surface area contributed by atoms with Crippen LogP contribution in [0.4, 0.5) is 0 Å². The number of pyridine rings is 1. The van der Waals surface area contributed by atoms with Gasteiger partial charge in [0.1, 0.15) is 11.6 Å². The first-order valence-electron chi connectivity index (χ1n) is 13.6. The summed E-state index contributed by atoms with van der Waals surface area (Å²) >= 11 is 0. The molecule has 200 valence electrons. The van der Waals surface area contributed by atoms with E-state index in [2.05, 4.69) is 70.4 Å². The zero-order valence-electron chi connectivity index (χ0n) is 22.8. The van der Waals surface area contributed by atoms with Gasteiger partial charge >= 0.3 is 0 Å². The number of aromatic nitrogens is 3. The topological polar surface area (TPSA) is 94.2 Å². The van der Waals surface area contributed by atoms with Crippen LogP contribution in [0.25, 0.3) is 0 Å². The zero-order valence-corrected chi connectivity index (χ0v) is 22.8. The van der Waals surface area contributed by atoms with Crippen molar-refractivity contribution in [2.75, 3.05) is 13.1 Å². The van der Waals surface area contributed by atoms with Crippen LogP contribution in [0.15, 0.2) is 54.9 Å². The summed E-state index contributed by atoms with van der Waals surface area (Å²) in [5, 5.41) is 10.8. The summed E-state index contributed by atoms with van der Waals surface area (Å²) in [5.41, 5.74) is 4.54. The van der Waals surface area contributed by atoms with Crippen molar-refractivity contribution in [2.45, 2.75) is 71.1 Å². The van der Waals surface area contributed by atoms with Crippen LogP contribution in [0.5, 0.6) is 0 Å². The number of aryl methyl sites for hydroxylation is 2. The summed E-state index contributed by atoms with van der Waals surface area (Å²) in [7, 11) is 0. The van der Waals surface area contributed by atoms with E-state index in [4.69, 9.17) is 0 Å². The van der Waals surface area contributed by atoms with E-state index in [1.54, 1.807) is 12.4 Å². The second kappa shape index (κ2) is 10.7. The number of nitrogens with one attached hydrogen (secondary N) is 2. The minimum Gasteiger partial charge on any atom is -0.342 e. The molecule has 0 saturated carbocycles. The largest absolute Gasteiger partial charge is 0.342 e. The number of nitrogens with zero attached hydrogens (tertiary/aromatic N) is 4. The Hall–Kier alpha value is -3.52. The van der Waals surface area contributed by atoms with Gasteiger partial charge in [0, 0.05) is 43.3 Å². The van der Waals surface area contributed by atoms with E-state index in [0.29, 0.717) is 44.8 Å². The zero-order chi connectivity index (χ0) is 26.9. The summed E-state index contributed by atoms with van der Waals surface area (Å²) in [6.07, 6.45) is 5.26. The summed E-state index contributed by atoms with van der Waals surface area (Å²) < 4.78 is 0. The second-order valence-corrected chi connectivity index (χ2v) is 11.2. The fraction of sp³-hybridized carbons (Fsp3) is 0.467. The number of rotatable bonds is 7. The van der Waals surface area contributed by atoms with E-state index in [9.17, 15) is 9.59 Å². The van der Waals surface area contributed by atoms with E-state index >= 15 is 0 Å². The highest BCUT2D eigenvalue weighted by Gasteiger charge is 2.54. The van der Waals surface area contributed by atoms with Crippen LogP contribution in [0, 0.1) is 19.8 Å². The number of H-pyrrole nitrogens is 1. The number of hydrogen-bond donors (Lipinski definition) is 2. The average molecular weight is 515 g/mol. The lowest BCUT2D eigenvalue weighted by Crippen LogP contribution is -2.72. The maximum absolute atomic E-state index is 13.9. The van der Waals surface area contributed by atoms with Gasteiger partial charge < -0.3 is 10.2 Å². The molecule has 1 spiro atoms. The SMILES string of the molecule is Cc1n[nH]c(C)c1C(c1ccccc1)N1CCC2(CC1)C(=O)NC(CC(C)C)C(=O)N2Cc1ccncc1. The Labute approximate surface area is 224 Å². The predicted octanol–water partition coefficient (Wildman–Crippen LogP) is 3.92. The highest BCUT2D eigenvalue weighted by atomic mass is 16.2. The fourth-order valence-electron chi connectivity index (χ4n) is 6.21. The van der Waals surface area contributed by atoms with Crippen molar-refractivity contribution >= 4 is 11.8 Å². The Bertz CT molecular complexity index is 1240. The molecule has 1 aromatic carbocycles. The van der Waals surface area contributed by atoms with Crippen molar-refractivity contribution in [2.24, 2.45) is 5.92 Å². The molecule has 2 aliphatic heterocycles. The van der Waals surface area contributed by atoms with Crippen molar-refractivity contribution in [1.82, 2.24) is 30.3 Å². The van der Waals surface area contributed by atoms with E-state index in [0.717, 1.165) is 17.0 Å². The number of carbonyl (C=O) groups excluding carboxylic acids is 2. The lowest BCUT2D eigenvalue weighted by atomic mass is 9.79. The van der Waals surface area contributed by atoms with Crippen molar-refractivity contribution in [1.29, 1.82) is 0 Å². The monoisotopic (exact) mass is 514 g/mol. The Morgan fingerprint density at radius 3 is 2.32 bits per heavy atom. The molecule has 4 heterocycles. The summed E-state index contributed by atoms with van der Waals surface area (Å²) in [6.45, 7) is 10.1. The maximum atomic E-state index is 13.9. The molecule has 2 saturated heterocycles. The third kappa shape index (κ3) is 4.85. The molecule has 2 amide bonds. The lowest BCUT2D eigenvalue weighted by Gasteiger charge is -2.52. The average Bonchev–Trinajstić information content (AvgIpc) is 3.25. The Balaban J connectivity index is 1.46. The molecule has 8 nitrogen and oxygen atoms in total. The molecule has 5 rings (SSSR count). The number of piperazine rings is 1. The van der Waals surface area contributed by atoms with Crippen LogP contribution in [-0.2, 0) is 16.1 Å². The minimum absolute atomic E-state index is 0.0182. The quantitative estimate of drug-likeness (QED) is 0.499. The van der Waals surface area contributed by atoms with Crippen LogP contribution < -0.4 is 5.32 Å². The predicted molar refractivity (Wildman–Crippen MR) is 146 cm³/mol. The molecule has 2 unspecified atom stereocenters. The molecular weight excluding hydrogens is 476 g/mol. The maximum Gasteiger partial charge on any atom is 0.246 e. The molecular formula is C30H38N6O2. The molecule has 2 fully saturated rings. The number of piperidine rings is 1. The molecule has 2 aromatic heterocycles. The number of hydrogen-bond acceptors (Lipinski definition) is 5. The Kier molecular flexibility index (Phi) is 7.34. The van der Waals surface area contributed by atoms with Gasteiger partial charge in [-0.25, -0.2) is 0 Å². The van der Waals surface area contributed by atoms with Gasteiger partial charge in [-0.3, -0.25) is 24.6 Å². The van der Waals surface area contributed by atoms with Crippen LogP contribution in [0.2, 0.25) is 0 Å². The van der Waals surface area contributed by atoms with E-state index in [1.807, 2.05) is 30.0 Å².